The summed E-state index contributed by atoms with van der Waals surface area (Å²) in [7, 11) is 1.59. The van der Waals surface area contributed by atoms with Gasteiger partial charge in [0.05, 0.1) is 13.0 Å². The van der Waals surface area contributed by atoms with E-state index in [4.69, 9.17) is 0 Å². The summed E-state index contributed by atoms with van der Waals surface area (Å²) < 4.78 is 12.9. The van der Waals surface area contributed by atoms with E-state index in [0.717, 1.165) is 16.3 Å². The van der Waals surface area contributed by atoms with Crippen LogP contribution in [0.2, 0.25) is 0 Å². The summed E-state index contributed by atoms with van der Waals surface area (Å²) >= 11 is 0. The molecule has 26 heavy (non-hydrogen) atoms. The standard InChI is InChI=1S/C21H19FN2O2/c1-24(14-20(25)23-19-10-8-18(22)9-11-19)21(26)13-15-6-7-16-4-2-3-5-17(16)12-15/h2-12H,13-14H2,1H3,(H,23,25). The van der Waals surface area contributed by atoms with Crippen LogP contribution in [0, 0.1) is 5.82 Å². The molecule has 0 unspecified atom stereocenters. The smallest absolute Gasteiger partial charge is 0.243 e. The molecule has 2 amide bonds. The van der Waals surface area contributed by atoms with Crippen molar-refractivity contribution in [1.29, 1.82) is 0 Å². The molecule has 0 saturated heterocycles. The number of fused-ring (bicyclic) bond motifs is 1. The van der Waals surface area contributed by atoms with Gasteiger partial charge in [-0.25, -0.2) is 4.39 Å². The number of rotatable bonds is 5. The highest BCUT2D eigenvalue weighted by Crippen LogP contribution is 2.16. The van der Waals surface area contributed by atoms with E-state index in [0.29, 0.717) is 5.69 Å². The molecule has 0 aromatic heterocycles. The molecule has 0 bridgehead atoms. The van der Waals surface area contributed by atoms with Crippen molar-refractivity contribution in [2.45, 2.75) is 6.42 Å². The Kier molecular flexibility index (Phi) is 5.27. The minimum atomic E-state index is -0.370. The van der Waals surface area contributed by atoms with Gasteiger partial charge in [0.25, 0.3) is 0 Å². The van der Waals surface area contributed by atoms with Crippen molar-refractivity contribution in [1.82, 2.24) is 4.90 Å². The zero-order valence-electron chi connectivity index (χ0n) is 14.4. The predicted molar refractivity (Wildman–Crippen MR) is 100 cm³/mol. The van der Waals surface area contributed by atoms with Crippen LogP contribution in [-0.2, 0) is 16.0 Å². The third-order valence-electron chi connectivity index (χ3n) is 4.10. The monoisotopic (exact) mass is 350 g/mol. The van der Waals surface area contributed by atoms with Crippen molar-refractivity contribution in [2.75, 3.05) is 18.9 Å². The van der Waals surface area contributed by atoms with Gasteiger partial charge < -0.3 is 10.2 Å². The number of carbonyl (C=O) groups is 2. The normalized spacial score (nSPS) is 10.5. The molecule has 3 aromatic rings. The van der Waals surface area contributed by atoms with Crippen LogP contribution in [0.3, 0.4) is 0 Å². The Morgan fingerprint density at radius 1 is 0.962 bits per heavy atom. The van der Waals surface area contributed by atoms with Crippen LogP contribution in [0.4, 0.5) is 10.1 Å². The molecule has 0 spiro atoms. The van der Waals surface area contributed by atoms with Gasteiger partial charge in [-0.2, -0.15) is 0 Å². The molecule has 0 fully saturated rings. The summed E-state index contributed by atoms with van der Waals surface area (Å²) in [4.78, 5) is 25.8. The minimum Gasteiger partial charge on any atom is -0.336 e. The SMILES string of the molecule is CN(CC(=O)Nc1ccc(F)cc1)C(=O)Cc1ccc2ccccc2c1. The Bertz CT molecular complexity index is 938. The van der Waals surface area contributed by atoms with Crippen molar-refractivity contribution in [3.05, 3.63) is 78.1 Å². The highest BCUT2D eigenvalue weighted by Gasteiger charge is 2.14. The first-order valence-electron chi connectivity index (χ1n) is 8.28. The number of hydrogen-bond donors (Lipinski definition) is 1. The van der Waals surface area contributed by atoms with Crippen LogP contribution in [0.25, 0.3) is 10.8 Å². The molecule has 0 heterocycles. The maximum Gasteiger partial charge on any atom is 0.243 e. The van der Waals surface area contributed by atoms with Crippen LogP contribution < -0.4 is 5.32 Å². The van der Waals surface area contributed by atoms with Crippen molar-refractivity contribution in [3.8, 4) is 0 Å². The maximum atomic E-state index is 12.9. The average Bonchev–Trinajstić information content (AvgIpc) is 2.63. The molecule has 3 rings (SSSR count). The van der Waals surface area contributed by atoms with Gasteiger partial charge in [0.1, 0.15) is 5.82 Å². The van der Waals surface area contributed by atoms with E-state index in [2.05, 4.69) is 5.32 Å². The van der Waals surface area contributed by atoms with Crippen LogP contribution in [-0.4, -0.2) is 30.3 Å². The maximum absolute atomic E-state index is 12.9. The number of halogens is 1. The van der Waals surface area contributed by atoms with Crippen molar-refractivity contribution < 1.29 is 14.0 Å². The summed E-state index contributed by atoms with van der Waals surface area (Å²) in [5.74, 6) is -0.841. The third kappa shape index (κ3) is 4.45. The molecule has 132 valence electrons. The van der Waals surface area contributed by atoms with Gasteiger partial charge >= 0.3 is 0 Å². The molecule has 0 saturated carbocycles. The van der Waals surface area contributed by atoms with E-state index in [1.165, 1.54) is 29.2 Å². The van der Waals surface area contributed by atoms with Crippen molar-refractivity contribution >= 4 is 28.3 Å². The zero-order chi connectivity index (χ0) is 18.5. The highest BCUT2D eigenvalue weighted by atomic mass is 19.1. The minimum absolute atomic E-state index is 0.0657. The van der Waals surface area contributed by atoms with Crippen LogP contribution >= 0.6 is 0 Å². The number of hydrogen-bond acceptors (Lipinski definition) is 2. The van der Waals surface area contributed by atoms with Crippen molar-refractivity contribution in [3.63, 3.8) is 0 Å². The third-order valence-corrected chi connectivity index (χ3v) is 4.10. The molecule has 5 heteroatoms. The highest BCUT2D eigenvalue weighted by molar-refractivity contribution is 5.94. The van der Waals surface area contributed by atoms with E-state index in [9.17, 15) is 14.0 Å². The molecule has 0 radical (unpaired) electrons. The molecule has 0 aliphatic carbocycles. The summed E-state index contributed by atoms with van der Waals surface area (Å²) in [5, 5.41) is 4.84. The van der Waals surface area contributed by atoms with Crippen LogP contribution in [0.1, 0.15) is 5.56 Å². The van der Waals surface area contributed by atoms with Gasteiger partial charge in [0.2, 0.25) is 11.8 Å². The van der Waals surface area contributed by atoms with Gasteiger partial charge in [-0.05, 0) is 40.6 Å². The Morgan fingerprint density at radius 3 is 2.38 bits per heavy atom. The van der Waals surface area contributed by atoms with Gasteiger partial charge in [-0.3, -0.25) is 9.59 Å². The Balaban J connectivity index is 1.57. The van der Waals surface area contributed by atoms with Gasteiger partial charge in [-0.1, -0.05) is 42.5 Å². The number of anilines is 1. The first-order valence-corrected chi connectivity index (χ1v) is 8.28. The topological polar surface area (TPSA) is 49.4 Å². The van der Waals surface area contributed by atoms with Gasteiger partial charge in [0.15, 0.2) is 0 Å². The number of carbonyl (C=O) groups excluding carboxylic acids is 2. The molecule has 4 nitrogen and oxygen atoms in total. The molecular formula is C21H19FN2O2. The lowest BCUT2D eigenvalue weighted by atomic mass is 10.0. The van der Waals surface area contributed by atoms with E-state index in [-0.39, 0.29) is 30.6 Å². The fourth-order valence-electron chi connectivity index (χ4n) is 2.70. The number of likely N-dealkylation sites (N-methyl/N-ethyl adjacent to an activating group) is 1. The zero-order valence-corrected chi connectivity index (χ0v) is 14.4. The van der Waals surface area contributed by atoms with Gasteiger partial charge in [-0.15, -0.1) is 0 Å². The van der Waals surface area contributed by atoms with Crippen molar-refractivity contribution in [2.24, 2.45) is 0 Å². The van der Waals surface area contributed by atoms with E-state index in [1.807, 2.05) is 42.5 Å². The fourth-order valence-corrected chi connectivity index (χ4v) is 2.70. The largest absolute Gasteiger partial charge is 0.336 e. The first kappa shape index (κ1) is 17.6. The average molecular weight is 350 g/mol. The van der Waals surface area contributed by atoms with Crippen LogP contribution in [0.5, 0.6) is 0 Å². The molecule has 0 aliphatic rings. The Labute approximate surface area is 151 Å². The summed E-state index contributed by atoms with van der Waals surface area (Å²) in [6.45, 7) is -0.0657. The van der Waals surface area contributed by atoms with Gasteiger partial charge in [0, 0.05) is 12.7 Å². The lowest BCUT2D eigenvalue weighted by Gasteiger charge is -2.17. The Morgan fingerprint density at radius 2 is 1.65 bits per heavy atom. The molecule has 0 aliphatic heterocycles. The molecule has 0 atom stereocenters. The molecule has 1 N–H and O–H groups in total. The van der Waals surface area contributed by atoms with E-state index in [1.54, 1.807) is 7.05 Å². The lowest BCUT2D eigenvalue weighted by Crippen LogP contribution is -2.35. The molecule has 3 aromatic carbocycles. The fraction of sp³-hybridized carbons (Fsp3) is 0.143. The first-order chi connectivity index (χ1) is 12.5. The second-order valence-corrected chi connectivity index (χ2v) is 6.16. The second-order valence-electron chi connectivity index (χ2n) is 6.16. The summed E-state index contributed by atoms with van der Waals surface area (Å²) in [5.41, 5.74) is 1.39. The molecular weight excluding hydrogens is 331 g/mol. The number of amides is 2. The summed E-state index contributed by atoms with van der Waals surface area (Å²) in [6.07, 6.45) is 0.227. The lowest BCUT2D eigenvalue weighted by molar-refractivity contribution is -0.132. The quantitative estimate of drug-likeness (QED) is 0.764. The van der Waals surface area contributed by atoms with Crippen LogP contribution in [0.15, 0.2) is 66.7 Å². The Hall–Kier alpha value is -3.21. The number of nitrogens with one attached hydrogen (secondary N) is 1. The van der Waals surface area contributed by atoms with E-state index < -0.39 is 0 Å². The predicted octanol–water partition coefficient (Wildman–Crippen LogP) is 3.62. The second kappa shape index (κ2) is 7.78. The summed E-state index contributed by atoms with van der Waals surface area (Å²) in [6, 6.07) is 19.3. The van der Waals surface area contributed by atoms with E-state index >= 15 is 0 Å². The number of benzene rings is 3. The number of nitrogens with zero attached hydrogens (tertiary/aromatic N) is 1.